The van der Waals surface area contributed by atoms with Crippen molar-refractivity contribution in [3.8, 4) is 16.9 Å². The first kappa shape index (κ1) is 22.1. The second-order valence-corrected chi connectivity index (χ2v) is 9.80. The Balaban J connectivity index is 1.44. The fraction of sp³-hybridized carbons (Fsp3) is 0.483. The molecule has 3 aromatic rings. The van der Waals surface area contributed by atoms with Gasteiger partial charge in [-0.25, -0.2) is 0 Å². The largest absolute Gasteiger partial charge is 0.493 e. The van der Waals surface area contributed by atoms with Gasteiger partial charge < -0.3 is 14.0 Å². The third-order valence-electron chi connectivity index (χ3n) is 7.59. The quantitative estimate of drug-likeness (QED) is 0.347. The molecule has 0 saturated heterocycles. The van der Waals surface area contributed by atoms with Crippen molar-refractivity contribution in [1.29, 1.82) is 0 Å². The summed E-state index contributed by atoms with van der Waals surface area (Å²) in [6.45, 7) is 0.787. The van der Waals surface area contributed by atoms with E-state index in [0.29, 0.717) is 24.8 Å². The van der Waals surface area contributed by atoms with Crippen molar-refractivity contribution in [1.82, 2.24) is 4.57 Å². The highest BCUT2D eigenvalue weighted by atomic mass is 16.5. The van der Waals surface area contributed by atoms with Crippen LogP contribution in [0.5, 0.6) is 5.75 Å². The molecule has 0 spiro atoms. The van der Waals surface area contributed by atoms with Crippen LogP contribution in [0, 0.1) is 5.92 Å². The number of aryl methyl sites for hydroxylation is 1. The van der Waals surface area contributed by atoms with Crippen molar-refractivity contribution in [3.63, 3.8) is 0 Å². The molecule has 0 aliphatic heterocycles. The fourth-order valence-corrected chi connectivity index (χ4v) is 5.65. The molecule has 2 fully saturated rings. The Labute approximate surface area is 196 Å². The van der Waals surface area contributed by atoms with Gasteiger partial charge in [0, 0.05) is 35.1 Å². The minimum Gasteiger partial charge on any atom is -0.493 e. The number of nitrogens with zero attached hydrogens (tertiary/aromatic N) is 1. The number of carbonyl (C=O) groups is 1. The molecule has 0 radical (unpaired) electrons. The Kier molecular flexibility index (Phi) is 6.70. The van der Waals surface area contributed by atoms with Crippen LogP contribution in [-0.4, -0.2) is 24.3 Å². The minimum absolute atomic E-state index is 0.173. The zero-order valence-corrected chi connectivity index (χ0v) is 19.7. The van der Waals surface area contributed by atoms with Gasteiger partial charge >= 0.3 is 5.97 Å². The third kappa shape index (κ3) is 4.95. The van der Waals surface area contributed by atoms with E-state index in [1.807, 2.05) is 0 Å². The van der Waals surface area contributed by atoms with Gasteiger partial charge in [0.25, 0.3) is 0 Å². The van der Waals surface area contributed by atoms with Crippen molar-refractivity contribution in [2.45, 2.75) is 70.3 Å². The van der Waals surface area contributed by atoms with E-state index in [0.717, 1.165) is 23.5 Å². The van der Waals surface area contributed by atoms with Gasteiger partial charge in [-0.3, -0.25) is 4.79 Å². The SMILES string of the molecule is COC(=O)CCc1ccc(OCC2CCCC2)c(-c2ccc3c(ccn3C3CCCC3)c2)c1. The maximum Gasteiger partial charge on any atom is 0.305 e. The monoisotopic (exact) mass is 445 g/mol. The van der Waals surface area contributed by atoms with Crippen LogP contribution in [0.15, 0.2) is 48.7 Å². The summed E-state index contributed by atoms with van der Waals surface area (Å²) < 4.78 is 13.7. The highest BCUT2D eigenvalue weighted by Gasteiger charge is 2.20. The molecule has 33 heavy (non-hydrogen) atoms. The first-order chi connectivity index (χ1) is 16.2. The highest BCUT2D eigenvalue weighted by molar-refractivity contribution is 5.87. The van der Waals surface area contributed by atoms with E-state index in [2.05, 4.69) is 53.2 Å². The van der Waals surface area contributed by atoms with E-state index in [4.69, 9.17) is 9.47 Å². The molecule has 0 amide bonds. The lowest BCUT2D eigenvalue weighted by Crippen LogP contribution is -2.09. The Bertz CT molecular complexity index is 1100. The van der Waals surface area contributed by atoms with Gasteiger partial charge in [0.1, 0.15) is 5.75 Å². The van der Waals surface area contributed by atoms with Gasteiger partial charge in [0.2, 0.25) is 0 Å². The van der Waals surface area contributed by atoms with Gasteiger partial charge in [-0.15, -0.1) is 0 Å². The fourth-order valence-electron chi connectivity index (χ4n) is 5.65. The van der Waals surface area contributed by atoms with E-state index in [9.17, 15) is 4.79 Å². The van der Waals surface area contributed by atoms with E-state index in [1.54, 1.807) is 0 Å². The number of aromatic nitrogens is 1. The van der Waals surface area contributed by atoms with Crippen LogP contribution >= 0.6 is 0 Å². The summed E-state index contributed by atoms with van der Waals surface area (Å²) in [6.07, 6.45) is 13.7. The van der Waals surface area contributed by atoms with E-state index in [-0.39, 0.29) is 5.97 Å². The number of hydrogen-bond donors (Lipinski definition) is 0. The summed E-state index contributed by atoms with van der Waals surface area (Å²) in [5.74, 6) is 1.44. The predicted octanol–water partition coefficient (Wildman–Crippen LogP) is 7.10. The third-order valence-corrected chi connectivity index (χ3v) is 7.59. The van der Waals surface area contributed by atoms with Crippen molar-refractivity contribution in [2.75, 3.05) is 13.7 Å². The lowest BCUT2D eigenvalue weighted by atomic mass is 9.98. The summed E-state index contributed by atoms with van der Waals surface area (Å²) >= 11 is 0. The van der Waals surface area contributed by atoms with Gasteiger partial charge in [0.15, 0.2) is 0 Å². The maximum absolute atomic E-state index is 11.7. The lowest BCUT2D eigenvalue weighted by molar-refractivity contribution is -0.140. The zero-order valence-electron chi connectivity index (χ0n) is 19.7. The number of rotatable bonds is 8. The van der Waals surface area contributed by atoms with Crippen LogP contribution in [0.25, 0.3) is 22.0 Å². The molecule has 2 aliphatic rings. The van der Waals surface area contributed by atoms with Crippen LogP contribution in [0.3, 0.4) is 0 Å². The van der Waals surface area contributed by atoms with Crippen LogP contribution in [0.1, 0.15) is 69.4 Å². The molecule has 2 saturated carbocycles. The molecule has 4 heteroatoms. The maximum atomic E-state index is 11.7. The molecule has 0 unspecified atom stereocenters. The minimum atomic E-state index is -0.173. The standard InChI is InChI=1S/C29H35NO3/c1-32-29(31)15-11-21-10-14-28(33-20-22-6-2-3-7-22)26(18-21)23-12-13-27-24(19-23)16-17-30(27)25-8-4-5-9-25/h10,12-14,16-19,22,25H,2-9,11,15,20H2,1H3. The van der Waals surface area contributed by atoms with E-state index in [1.165, 1.54) is 74.9 Å². The predicted molar refractivity (Wildman–Crippen MR) is 133 cm³/mol. The number of esters is 1. The highest BCUT2D eigenvalue weighted by Crippen LogP contribution is 2.37. The van der Waals surface area contributed by atoms with Crippen LogP contribution in [0.4, 0.5) is 0 Å². The molecule has 2 aromatic carbocycles. The smallest absolute Gasteiger partial charge is 0.305 e. The number of benzene rings is 2. The Hall–Kier alpha value is -2.75. The Morgan fingerprint density at radius 3 is 2.55 bits per heavy atom. The van der Waals surface area contributed by atoms with Crippen molar-refractivity contribution in [3.05, 3.63) is 54.2 Å². The van der Waals surface area contributed by atoms with E-state index >= 15 is 0 Å². The molecule has 4 nitrogen and oxygen atoms in total. The molecule has 0 bridgehead atoms. The molecular weight excluding hydrogens is 410 g/mol. The molecule has 2 aliphatic carbocycles. The number of carbonyl (C=O) groups excluding carboxylic acids is 1. The average molecular weight is 446 g/mol. The second kappa shape index (κ2) is 10.0. The summed E-state index contributed by atoms with van der Waals surface area (Å²) in [4.78, 5) is 11.7. The van der Waals surface area contributed by atoms with Crippen LogP contribution in [0.2, 0.25) is 0 Å². The first-order valence-electron chi connectivity index (χ1n) is 12.6. The van der Waals surface area contributed by atoms with Gasteiger partial charge in [-0.2, -0.15) is 0 Å². The number of fused-ring (bicyclic) bond motifs is 1. The first-order valence-corrected chi connectivity index (χ1v) is 12.6. The normalized spacial score (nSPS) is 17.1. The number of methoxy groups -OCH3 is 1. The Morgan fingerprint density at radius 1 is 0.970 bits per heavy atom. The zero-order chi connectivity index (χ0) is 22.6. The molecular formula is C29H35NO3. The molecule has 5 rings (SSSR count). The summed E-state index contributed by atoms with van der Waals surface area (Å²) in [5, 5.41) is 1.28. The summed E-state index contributed by atoms with van der Waals surface area (Å²) in [6, 6.07) is 16.1. The van der Waals surface area contributed by atoms with Crippen molar-refractivity contribution >= 4 is 16.9 Å². The van der Waals surface area contributed by atoms with Crippen molar-refractivity contribution in [2.24, 2.45) is 5.92 Å². The van der Waals surface area contributed by atoms with Crippen LogP contribution in [-0.2, 0) is 16.0 Å². The second-order valence-electron chi connectivity index (χ2n) is 9.80. The van der Waals surface area contributed by atoms with Gasteiger partial charge in [-0.1, -0.05) is 37.8 Å². The molecule has 1 heterocycles. The summed E-state index contributed by atoms with van der Waals surface area (Å²) in [7, 11) is 1.45. The molecule has 1 aromatic heterocycles. The van der Waals surface area contributed by atoms with Crippen LogP contribution < -0.4 is 4.74 Å². The van der Waals surface area contributed by atoms with Gasteiger partial charge in [-0.05, 0) is 79.5 Å². The van der Waals surface area contributed by atoms with Crippen molar-refractivity contribution < 1.29 is 14.3 Å². The topological polar surface area (TPSA) is 40.5 Å². The number of ether oxygens (including phenoxy) is 2. The average Bonchev–Trinajstić information content (AvgIpc) is 3.62. The van der Waals surface area contributed by atoms with E-state index < -0.39 is 0 Å². The lowest BCUT2D eigenvalue weighted by Gasteiger charge is -2.17. The molecule has 174 valence electrons. The Morgan fingerprint density at radius 2 is 1.76 bits per heavy atom. The summed E-state index contributed by atoms with van der Waals surface area (Å²) in [5.41, 5.74) is 4.74. The van der Waals surface area contributed by atoms with Gasteiger partial charge in [0.05, 0.1) is 13.7 Å². The number of hydrogen-bond acceptors (Lipinski definition) is 3. The molecule has 0 N–H and O–H groups in total. The molecule has 0 atom stereocenters.